The second-order valence-electron chi connectivity index (χ2n) is 4.64. The predicted octanol–water partition coefficient (Wildman–Crippen LogP) is 2.20. The highest BCUT2D eigenvalue weighted by Gasteiger charge is 2.10. The lowest BCUT2D eigenvalue weighted by atomic mass is 10.1. The van der Waals surface area contributed by atoms with Crippen LogP contribution in [-0.4, -0.2) is 21.5 Å². The molecule has 0 amide bonds. The molecule has 0 bridgehead atoms. The van der Waals surface area contributed by atoms with Crippen molar-refractivity contribution in [2.75, 3.05) is 6.54 Å². The highest BCUT2D eigenvalue weighted by molar-refractivity contribution is 5.31. The summed E-state index contributed by atoms with van der Waals surface area (Å²) in [7, 11) is 1.77. The van der Waals surface area contributed by atoms with Crippen LogP contribution < -0.4 is 10.1 Å². The second-order valence-corrected chi connectivity index (χ2v) is 4.64. The Morgan fingerprint density at radius 2 is 2.25 bits per heavy atom. The summed E-state index contributed by atoms with van der Waals surface area (Å²) in [5.41, 5.74) is 1.56. The largest absolute Gasteiger partial charge is 0.484 e. The van der Waals surface area contributed by atoms with E-state index in [-0.39, 0.29) is 24.2 Å². The van der Waals surface area contributed by atoms with Crippen molar-refractivity contribution in [3.8, 4) is 5.75 Å². The number of nitrogens with one attached hydrogen (secondary N) is 1. The maximum Gasteiger partial charge on any atom is 0.165 e. The molecule has 1 aromatic carbocycles. The van der Waals surface area contributed by atoms with Gasteiger partial charge < -0.3 is 10.1 Å². The Hall–Kier alpha value is -1.95. The number of rotatable bonds is 6. The summed E-state index contributed by atoms with van der Waals surface area (Å²) in [6.07, 6.45) is 1.74. The smallest absolute Gasteiger partial charge is 0.165 e. The van der Waals surface area contributed by atoms with Crippen LogP contribution in [-0.2, 0) is 13.7 Å². The molecule has 1 unspecified atom stereocenters. The molecule has 6 heteroatoms. The summed E-state index contributed by atoms with van der Waals surface area (Å²) in [6.45, 7) is 5.06. The maximum absolute atomic E-state index is 14.0. The van der Waals surface area contributed by atoms with Crippen molar-refractivity contribution in [3.05, 3.63) is 41.5 Å². The molecular formula is C14H19FN4O. The molecule has 0 aliphatic rings. The first-order chi connectivity index (χ1) is 9.60. The van der Waals surface area contributed by atoms with Crippen LogP contribution in [0.2, 0.25) is 0 Å². The van der Waals surface area contributed by atoms with E-state index in [1.807, 2.05) is 19.9 Å². The van der Waals surface area contributed by atoms with Gasteiger partial charge in [0.1, 0.15) is 12.3 Å². The molecule has 0 aliphatic heterocycles. The normalized spacial score (nSPS) is 12.4. The van der Waals surface area contributed by atoms with Crippen LogP contribution in [0, 0.1) is 5.82 Å². The van der Waals surface area contributed by atoms with Crippen LogP contribution in [0.25, 0.3) is 0 Å². The molecule has 0 aliphatic carbocycles. The van der Waals surface area contributed by atoms with E-state index in [2.05, 4.69) is 15.6 Å². The van der Waals surface area contributed by atoms with E-state index >= 15 is 0 Å². The number of aryl methyl sites for hydroxylation is 1. The predicted molar refractivity (Wildman–Crippen MR) is 73.8 cm³/mol. The van der Waals surface area contributed by atoms with Gasteiger partial charge in [-0.15, -0.1) is 5.10 Å². The third kappa shape index (κ3) is 3.54. The number of nitrogens with zero attached hydrogens (tertiary/aromatic N) is 3. The average Bonchev–Trinajstić information content (AvgIpc) is 2.83. The molecule has 0 fully saturated rings. The van der Waals surface area contributed by atoms with Gasteiger partial charge in [-0.3, -0.25) is 4.68 Å². The van der Waals surface area contributed by atoms with Crippen molar-refractivity contribution in [1.29, 1.82) is 0 Å². The van der Waals surface area contributed by atoms with Gasteiger partial charge in [-0.2, -0.15) is 0 Å². The topological polar surface area (TPSA) is 52.0 Å². The number of hydrogen-bond donors (Lipinski definition) is 1. The first-order valence-corrected chi connectivity index (χ1v) is 6.61. The zero-order valence-electron chi connectivity index (χ0n) is 11.9. The summed E-state index contributed by atoms with van der Waals surface area (Å²) in [5, 5.41) is 10.9. The molecule has 5 nitrogen and oxygen atoms in total. The monoisotopic (exact) mass is 278 g/mol. The Bertz CT molecular complexity index is 570. The van der Waals surface area contributed by atoms with Crippen molar-refractivity contribution in [2.24, 2.45) is 7.05 Å². The molecule has 1 N–H and O–H groups in total. The van der Waals surface area contributed by atoms with Gasteiger partial charge in [0.05, 0.1) is 6.20 Å². The third-order valence-electron chi connectivity index (χ3n) is 2.99. The molecule has 0 saturated carbocycles. The SMILES string of the molecule is CCNC(C)c1ccc(OCc2cn(C)nn2)c(F)c1. The molecule has 20 heavy (non-hydrogen) atoms. The van der Waals surface area contributed by atoms with Gasteiger partial charge in [-0.05, 0) is 31.2 Å². The minimum Gasteiger partial charge on any atom is -0.484 e. The van der Waals surface area contributed by atoms with Crippen molar-refractivity contribution in [1.82, 2.24) is 20.3 Å². The lowest BCUT2D eigenvalue weighted by Gasteiger charge is -2.14. The molecule has 0 radical (unpaired) electrons. The fourth-order valence-corrected chi connectivity index (χ4v) is 1.94. The molecule has 0 saturated heterocycles. The molecule has 1 heterocycles. The summed E-state index contributed by atoms with van der Waals surface area (Å²) < 4.78 is 21.0. The van der Waals surface area contributed by atoms with E-state index in [4.69, 9.17) is 4.74 Å². The van der Waals surface area contributed by atoms with Gasteiger partial charge in [-0.25, -0.2) is 4.39 Å². The Morgan fingerprint density at radius 1 is 1.45 bits per heavy atom. The van der Waals surface area contributed by atoms with Gasteiger partial charge in [0.2, 0.25) is 0 Å². The van der Waals surface area contributed by atoms with Crippen molar-refractivity contribution in [3.63, 3.8) is 0 Å². The Morgan fingerprint density at radius 3 is 2.85 bits per heavy atom. The number of ether oxygens (including phenoxy) is 1. The highest BCUT2D eigenvalue weighted by Crippen LogP contribution is 2.22. The second kappa shape index (κ2) is 6.47. The number of benzene rings is 1. The third-order valence-corrected chi connectivity index (χ3v) is 2.99. The molecule has 2 aromatic rings. The van der Waals surface area contributed by atoms with Crippen molar-refractivity contribution < 1.29 is 9.13 Å². The quantitative estimate of drug-likeness (QED) is 0.880. The maximum atomic E-state index is 14.0. The Kier molecular flexibility index (Phi) is 4.68. The lowest BCUT2D eigenvalue weighted by Crippen LogP contribution is -2.17. The Balaban J connectivity index is 2.02. The van der Waals surface area contributed by atoms with Crippen molar-refractivity contribution >= 4 is 0 Å². The molecule has 0 spiro atoms. The van der Waals surface area contributed by atoms with Gasteiger partial charge in [-0.1, -0.05) is 18.2 Å². The zero-order valence-corrected chi connectivity index (χ0v) is 11.9. The van der Waals surface area contributed by atoms with Crippen LogP contribution in [0.3, 0.4) is 0 Å². The first-order valence-electron chi connectivity index (χ1n) is 6.61. The zero-order chi connectivity index (χ0) is 14.5. The van der Waals surface area contributed by atoms with E-state index in [1.165, 1.54) is 6.07 Å². The van der Waals surface area contributed by atoms with E-state index in [1.54, 1.807) is 24.0 Å². The fraction of sp³-hybridized carbons (Fsp3) is 0.429. The standard InChI is InChI=1S/C14H19FN4O/c1-4-16-10(2)11-5-6-14(13(15)7-11)20-9-12-8-19(3)18-17-12/h5-8,10,16H,4,9H2,1-3H3. The van der Waals surface area contributed by atoms with E-state index in [0.29, 0.717) is 5.69 Å². The van der Waals surface area contributed by atoms with E-state index in [0.717, 1.165) is 12.1 Å². The van der Waals surface area contributed by atoms with Crippen LogP contribution in [0.15, 0.2) is 24.4 Å². The Labute approximate surface area is 117 Å². The van der Waals surface area contributed by atoms with E-state index < -0.39 is 0 Å². The summed E-state index contributed by atoms with van der Waals surface area (Å²) in [4.78, 5) is 0. The molecule has 108 valence electrons. The van der Waals surface area contributed by atoms with Crippen molar-refractivity contribution in [2.45, 2.75) is 26.5 Å². The highest BCUT2D eigenvalue weighted by atomic mass is 19.1. The van der Waals surface area contributed by atoms with Gasteiger partial charge in [0.15, 0.2) is 11.6 Å². The minimum atomic E-state index is -0.365. The van der Waals surface area contributed by atoms with Crippen LogP contribution in [0.1, 0.15) is 31.1 Å². The van der Waals surface area contributed by atoms with Gasteiger partial charge in [0.25, 0.3) is 0 Å². The molecule has 1 aromatic heterocycles. The number of halogens is 1. The van der Waals surface area contributed by atoms with Crippen LogP contribution in [0.5, 0.6) is 5.75 Å². The van der Waals surface area contributed by atoms with Gasteiger partial charge >= 0.3 is 0 Å². The summed E-state index contributed by atoms with van der Waals surface area (Å²) in [6, 6.07) is 5.12. The number of hydrogen-bond acceptors (Lipinski definition) is 4. The molecular weight excluding hydrogens is 259 g/mol. The minimum absolute atomic E-state index is 0.114. The van der Waals surface area contributed by atoms with Crippen LogP contribution in [0.4, 0.5) is 4.39 Å². The lowest BCUT2D eigenvalue weighted by molar-refractivity contribution is 0.285. The average molecular weight is 278 g/mol. The summed E-state index contributed by atoms with van der Waals surface area (Å²) in [5.74, 6) is -0.140. The van der Waals surface area contributed by atoms with E-state index in [9.17, 15) is 4.39 Å². The molecule has 2 rings (SSSR count). The molecule has 1 atom stereocenters. The summed E-state index contributed by atoms with van der Waals surface area (Å²) >= 11 is 0. The first kappa shape index (κ1) is 14.5. The van der Waals surface area contributed by atoms with Crippen LogP contribution >= 0.6 is 0 Å². The fourth-order valence-electron chi connectivity index (χ4n) is 1.94. The van der Waals surface area contributed by atoms with Gasteiger partial charge in [0, 0.05) is 13.1 Å². The number of aromatic nitrogens is 3.